The second-order valence-electron chi connectivity index (χ2n) is 5.13. The van der Waals surface area contributed by atoms with Gasteiger partial charge in [0.05, 0.1) is 17.2 Å². The minimum Gasteiger partial charge on any atom is -0.385 e. The Morgan fingerprint density at radius 3 is 2.61 bits per heavy atom. The molecule has 0 aliphatic rings. The Labute approximate surface area is 110 Å². The van der Waals surface area contributed by atoms with Gasteiger partial charge in [0.25, 0.3) is 0 Å². The molecule has 1 aromatic rings. The summed E-state index contributed by atoms with van der Waals surface area (Å²) in [7, 11) is 0. The minimum absolute atomic E-state index is 0.610. The highest BCUT2D eigenvalue weighted by atomic mass is 16.3. The second-order valence-corrected chi connectivity index (χ2v) is 5.13. The fourth-order valence-corrected chi connectivity index (χ4v) is 2.14. The third-order valence-corrected chi connectivity index (χ3v) is 3.38. The van der Waals surface area contributed by atoms with Crippen molar-refractivity contribution in [2.75, 3.05) is 0 Å². The van der Waals surface area contributed by atoms with E-state index in [0.29, 0.717) is 5.56 Å². The smallest absolute Gasteiger partial charge is 0.0991 e. The Morgan fingerprint density at radius 2 is 1.94 bits per heavy atom. The monoisotopic (exact) mass is 245 g/mol. The SMILES string of the molecule is CCCCCCCC(C)(O)c1cccc(C#N)c1. The normalized spacial score (nSPS) is 13.9. The molecule has 1 atom stereocenters. The molecule has 2 heteroatoms. The van der Waals surface area contributed by atoms with E-state index in [-0.39, 0.29) is 0 Å². The zero-order valence-corrected chi connectivity index (χ0v) is 11.4. The maximum absolute atomic E-state index is 10.5. The van der Waals surface area contributed by atoms with Crippen LogP contribution in [-0.4, -0.2) is 5.11 Å². The summed E-state index contributed by atoms with van der Waals surface area (Å²) in [5.41, 5.74) is 0.634. The van der Waals surface area contributed by atoms with Crippen LogP contribution in [-0.2, 0) is 5.60 Å². The molecule has 0 radical (unpaired) electrons. The number of benzene rings is 1. The van der Waals surface area contributed by atoms with Crippen molar-refractivity contribution in [3.05, 3.63) is 35.4 Å². The van der Waals surface area contributed by atoms with Gasteiger partial charge in [-0.3, -0.25) is 0 Å². The van der Waals surface area contributed by atoms with E-state index in [4.69, 9.17) is 5.26 Å². The van der Waals surface area contributed by atoms with Gasteiger partial charge in [0.1, 0.15) is 0 Å². The maximum atomic E-state index is 10.5. The zero-order valence-electron chi connectivity index (χ0n) is 11.4. The second kappa shape index (κ2) is 7.18. The van der Waals surface area contributed by atoms with Gasteiger partial charge >= 0.3 is 0 Å². The maximum Gasteiger partial charge on any atom is 0.0991 e. The van der Waals surface area contributed by atoms with Crippen LogP contribution in [0.15, 0.2) is 24.3 Å². The van der Waals surface area contributed by atoms with Crippen LogP contribution in [0.1, 0.15) is 63.5 Å². The quantitative estimate of drug-likeness (QED) is 0.734. The summed E-state index contributed by atoms with van der Waals surface area (Å²) in [4.78, 5) is 0. The average Bonchev–Trinajstić information content (AvgIpc) is 2.38. The van der Waals surface area contributed by atoms with E-state index in [2.05, 4.69) is 13.0 Å². The molecule has 0 fully saturated rings. The molecule has 18 heavy (non-hydrogen) atoms. The number of hydrogen-bond donors (Lipinski definition) is 1. The van der Waals surface area contributed by atoms with Gasteiger partial charge in [0, 0.05) is 0 Å². The molecule has 0 spiro atoms. The van der Waals surface area contributed by atoms with Crippen LogP contribution in [0.25, 0.3) is 0 Å². The van der Waals surface area contributed by atoms with Crippen LogP contribution in [0.3, 0.4) is 0 Å². The summed E-state index contributed by atoms with van der Waals surface area (Å²) in [6.45, 7) is 4.03. The number of nitrogens with zero attached hydrogens (tertiary/aromatic N) is 1. The van der Waals surface area contributed by atoms with E-state index in [1.165, 1.54) is 25.7 Å². The van der Waals surface area contributed by atoms with Gasteiger partial charge in [0.2, 0.25) is 0 Å². The molecule has 0 aliphatic heterocycles. The Hall–Kier alpha value is -1.33. The van der Waals surface area contributed by atoms with Crippen LogP contribution in [0.2, 0.25) is 0 Å². The number of unbranched alkanes of at least 4 members (excludes halogenated alkanes) is 4. The molecule has 0 aliphatic carbocycles. The first kappa shape index (κ1) is 14.7. The number of nitriles is 1. The van der Waals surface area contributed by atoms with Gasteiger partial charge in [-0.2, -0.15) is 5.26 Å². The lowest BCUT2D eigenvalue weighted by Crippen LogP contribution is -2.21. The fraction of sp³-hybridized carbons (Fsp3) is 0.562. The van der Waals surface area contributed by atoms with Crippen molar-refractivity contribution in [2.24, 2.45) is 0 Å². The molecular weight excluding hydrogens is 222 g/mol. The highest BCUT2D eigenvalue weighted by Crippen LogP contribution is 2.27. The van der Waals surface area contributed by atoms with E-state index >= 15 is 0 Å². The first-order valence-electron chi connectivity index (χ1n) is 6.83. The first-order chi connectivity index (χ1) is 8.60. The standard InChI is InChI=1S/C16H23NO/c1-3-4-5-6-7-11-16(2,18)15-10-8-9-14(12-15)13-17/h8-10,12,18H,3-7,11H2,1-2H3. The van der Waals surface area contributed by atoms with E-state index < -0.39 is 5.60 Å². The third kappa shape index (κ3) is 4.50. The van der Waals surface area contributed by atoms with E-state index in [1.807, 2.05) is 19.1 Å². The Balaban J connectivity index is 2.54. The molecule has 0 amide bonds. The molecule has 1 rings (SSSR count). The summed E-state index contributed by atoms with van der Waals surface area (Å²) >= 11 is 0. The molecule has 1 unspecified atom stereocenters. The van der Waals surface area contributed by atoms with Crippen LogP contribution >= 0.6 is 0 Å². The number of hydrogen-bond acceptors (Lipinski definition) is 2. The third-order valence-electron chi connectivity index (χ3n) is 3.38. The minimum atomic E-state index is -0.820. The molecule has 0 heterocycles. The molecule has 98 valence electrons. The molecule has 1 N–H and O–H groups in total. The lowest BCUT2D eigenvalue weighted by atomic mass is 9.89. The largest absolute Gasteiger partial charge is 0.385 e. The average molecular weight is 245 g/mol. The van der Waals surface area contributed by atoms with Gasteiger partial charge in [0.15, 0.2) is 0 Å². The molecule has 0 saturated carbocycles. The molecule has 0 bridgehead atoms. The first-order valence-corrected chi connectivity index (χ1v) is 6.83. The van der Waals surface area contributed by atoms with E-state index in [9.17, 15) is 5.11 Å². The van der Waals surface area contributed by atoms with Crippen molar-refractivity contribution in [3.63, 3.8) is 0 Å². The van der Waals surface area contributed by atoms with Crippen LogP contribution in [0.4, 0.5) is 0 Å². The Bertz CT molecular complexity index is 404. The molecule has 1 aromatic carbocycles. The Morgan fingerprint density at radius 1 is 1.22 bits per heavy atom. The predicted molar refractivity (Wildman–Crippen MR) is 74.1 cm³/mol. The summed E-state index contributed by atoms with van der Waals surface area (Å²) < 4.78 is 0. The fourth-order valence-electron chi connectivity index (χ4n) is 2.14. The van der Waals surface area contributed by atoms with Crippen molar-refractivity contribution < 1.29 is 5.11 Å². The Kier molecular flexibility index (Phi) is 5.88. The van der Waals surface area contributed by atoms with Gasteiger partial charge in [-0.1, -0.05) is 51.2 Å². The highest BCUT2D eigenvalue weighted by molar-refractivity contribution is 5.35. The van der Waals surface area contributed by atoms with Crippen molar-refractivity contribution in [2.45, 2.75) is 58.0 Å². The van der Waals surface area contributed by atoms with Crippen molar-refractivity contribution in [1.29, 1.82) is 5.26 Å². The van der Waals surface area contributed by atoms with Gasteiger partial charge in [-0.05, 0) is 31.0 Å². The summed E-state index contributed by atoms with van der Waals surface area (Å²) in [6, 6.07) is 9.39. The molecular formula is C16H23NO. The van der Waals surface area contributed by atoms with Crippen LogP contribution in [0, 0.1) is 11.3 Å². The highest BCUT2D eigenvalue weighted by Gasteiger charge is 2.22. The van der Waals surface area contributed by atoms with Crippen LogP contribution < -0.4 is 0 Å². The summed E-state index contributed by atoms with van der Waals surface area (Å²) in [5.74, 6) is 0. The van der Waals surface area contributed by atoms with Crippen LogP contribution in [0.5, 0.6) is 0 Å². The molecule has 0 saturated heterocycles. The van der Waals surface area contributed by atoms with Crippen molar-refractivity contribution in [3.8, 4) is 6.07 Å². The topological polar surface area (TPSA) is 44.0 Å². The van der Waals surface area contributed by atoms with Crippen molar-refractivity contribution in [1.82, 2.24) is 0 Å². The van der Waals surface area contributed by atoms with E-state index in [0.717, 1.165) is 18.4 Å². The zero-order chi connectivity index (χ0) is 13.4. The van der Waals surface area contributed by atoms with E-state index in [1.54, 1.807) is 12.1 Å². The lowest BCUT2D eigenvalue weighted by Gasteiger charge is -2.24. The number of aliphatic hydroxyl groups is 1. The van der Waals surface area contributed by atoms with Gasteiger partial charge in [-0.25, -0.2) is 0 Å². The van der Waals surface area contributed by atoms with Crippen molar-refractivity contribution >= 4 is 0 Å². The lowest BCUT2D eigenvalue weighted by molar-refractivity contribution is 0.0448. The molecule has 2 nitrogen and oxygen atoms in total. The molecule has 0 aromatic heterocycles. The van der Waals surface area contributed by atoms with Gasteiger partial charge < -0.3 is 5.11 Å². The predicted octanol–water partition coefficient (Wildman–Crippen LogP) is 4.13. The number of rotatable bonds is 7. The summed E-state index contributed by atoms with van der Waals surface area (Å²) in [5, 5.41) is 19.3. The van der Waals surface area contributed by atoms with Gasteiger partial charge in [-0.15, -0.1) is 0 Å². The summed E-state index contributed by atoms with van der Waals surface area (Å²) in [6.07, 6.45) is 6.70.